The molecule has 9 nitrogen and oxygen atoms in total. The van der Waals surface area contributed by atoms with Crippen molar-refractivity contribution >= 4 is 10.9 Å². The van der Waals surface area contributed by atoms with Crippen molar-refractivity contribution in [2.75, 3.05) is 19.8 Å². The highest BCUT2D eigenvalue weighted by Crippen LogP contribution is 2.33. The number of aliphatic hydroxyl groups excluding tert-OH is 1. The second-order valence-electron chi connectivity index (χ2n) is 9.08. The van der Waals surface area contributed by atoms with Crippen molar-refractivity contribution in [3.05, 3.63) is 46.0 Å². The van der Waals surface area contributed by atoms with Crippen molar-refractivity contribution < 1.29 is 9.84 Å². The minimum absolute atomic E-state index is 0.0306. The quantitative estimate of drug-likeness (QED) is 0.417. The lowest BCUT2D eigenvalue weighted by Crippen LogP contribution is -2.34. The number of rotatable bonds is 12. The highest BCUT2D eigenvalue weighted by Gasteiger charge is 2.30. The molecular weight excluding hydrogens is 432 g/mol. The first-order valence-corrected chi connectivity index (χ1v) is 12.6. The highest BCUT2D eigenvalue weighted by atomic mass is 16.5. The number of aliphatic hydroxyl groups is 1. The number of fused-ring (bicyclic) bond motifs is 1. The maximum Gasteiger partial charge on any atom is 0.252 e. The molecule has 2 N–H and O–H groups in total. The molecule has 1 saturated carbocycles. The largest absolute Gasteiger partial charge is 0.494 e. The van der Waals surface area contributed by atoms with E-state index in [1.165, 1.54) is 12.8 Å². The van der Waals surface area contributed by atoms with E-state index in [1.54, 1.807) is 0 Å². The minimum atomic E-state index is -0.101. The number of pyridine rings is 1. The molecule has 2 aromatic heterocycles. The maximum atomic E-state index is 13.0. The number of aromatic amines is 1. The zero-order valence-corrected chi connectivity index (χ0v) is 20.2. The molecule has 0 spiro atoms. The van der Waals surface area contributed by atoms with Gasteiger partial charge in [-0.05, 0) is 67.3 Å². The molecule has 0 amide bonds. The van der Waals surface area contributed by atoms with Crippen LogP contribution in [0.5, 0.6) is 5.75 Å². The number of benzene rings is 1. The summed E-state index contributed by atoms with van der Waals surface area (Å²) in [5, 5.41) is 23.3. The van der Waals surface area contributed by atoms with Gasteiger partial charge in [0.05, 0.1) is 18.7 Å². The van der Waals surface area contributed by atoms with Gasteiger partial charge >= 0.3 is 0 Å². The van der Waals surface area contributed by atoms with Gasteiger partial charge in [0, 0.05) is 36.2 Å². The summed E-state index contributed by atoms with van der Waals surface area (Å²) in [4.78, 5) is 18.3. The van der Waals surface area contributed by atoms with Gasteiger partial charge in [0.1, 0.15) is 5.75 Å². The SMILES string of the molecule is CCC[C@H](c1nnnn1C1CCCC1)N(CCCO)Cc1cc2cc(OCC)ccc2[nH]c1=O. The van der Waals surface area contributed by atoms with Crippen LogP contribution in [0.15, 0.2) is 29.1 Å². The molecule has 0 aliphatic heterocycles. The standard InChI is InChI=1S/C25H36N6O3/c1-3-8-23(24-27-28-29-31(24)20-9-5-6-10-20)30(13-7-14-32)17-19-15-18-16-21(34-4-2)11-12-22(18)26-25(19)33/h11-12,15-16,20,23,32H,3-10,13-14,17H2,1-2H3,(H,26,33)/t23-/m1/s1. The average Bonchev–Trinajstić information content (AvgIpc) is 3.53. The molecule has 0 saturated heterocycles. The lowest BCUT2D eigenvalue weighted by molar-refractivity contribution is 0.145. The van der Waals surface area contributed by atoms with Crippen molar-refractivity contribution in [2.24, 2.45) is 0 Å². The Bertz CT molecular complexity index is 1120. The number of hydrogen-bond acceptors (Lipinski definition) is 7. The van der Waals surface area contributed by atoms with Gasteiger partial charge < -0.3 is 14.8 Å². The smallest absolute Gasteiger partial charge is 0.252 e. The summed E-state index contributed by atoms with van der Waals surface area (Å²) in [5.41, 5.74) is 1.37. The number of ether oxygens (including phenoxy) is 1. The summed E-state index contributed by atoms with van der Waals surface area (Å²) in [6.07, 6.45) is 7.05. The van der Waals surface area contributed by atoms with Gasteiger partial charge in [0.25, 0.3) is 5.56 Å². The van der Waals surface area contributed by atoms with Crippen LogP contribution in [0.25, 0.3) is 10.9 Å². The van der Waals surface area contributed by atoms with Gasteiger partial charge in [-0.15, -0.1) is 5.10 Å². The molecule has 1 aliphatic rings. The van der Waals surface area contributed by atoms with Crippen LogP contribution in [0.4, 0.5) is 0 Å². The van der Waals surface area contributed by atoms with Crippen LogP contribution < -0.4 is 10.3 Å². The van der Waals surface area contributed by atoms with Crippen molar-refractivity contribution in [1.29, 1.82) is 0 Å². The fourth-order valence-electron chi connectivity index (χ4n) is 5.02. The van der Waals surface area contributed by atoms with E-state index in [9.17, 15) is 9.90 Å². The van der Waals surface area contributed by atoms with Crippen molar-refractivity contribution in [3.63, 3.8) is 0 Å². The van der Waals surface area contributed by atoms with E-state index in [4.69, 9.17) is 4.74 Å². The van der Waals surface area contributed by atoms with Crippen LogP contribution in [-0.4, -0.2) is 55.0 Å². The van der Waals surface area contributed by atoms with Crippen molar-refractivity contribution in [2.45, 2.75) is 77.4 Å². The first kappa shape index (κ1) is 24.3. The van der Waals surface area contributed by atoms with Crippen LogP contribution in [0, 0.1) is 0 Å². The number of nitrogens with one attached hydrogen (secondary N) is 1. The predicted octanol–water partition coefficient (Wildman–Crippen LogP) is 3.75. The third-order valence-corrected chi connectivity index (χ3v) is 6.67. The number of nitrogens with zero attached hydrogens (tertiary/aromatic N) is 5. The first-order valence-electron chi connectivity index (χ1n) is 12.6. The molecule has 9 heteroatoms. The molecule has 34 heavy (non-hydrogen) atoms. The number of tetrazole rings is 1. The van der Waals surface area contributed by atoms with Crippen LogP contribution in [0.3, 0.4) is 0 Å². The van der Waals surface area contributed by atoms with Gasteiger partial charge in [0.15, 0.2) is 5.82 Å². The summed E-state index contributed by atoms with van der Waals surface area (Å²) in [5.74, 6) is 1.65. The van der Waals surface area contributed by atoms with Gasteiger partial charge in [-0.25, -0.2) is 4.68 Å². The lowest BCUT2D eigenvalue weighted by Gasteiger charge is -2.31. The molecule has 0 unspecified atom stereocenters. The van der Waals surface area contributed by atoms with Gasteiger partial charge in [-0.2, -0.15) is 0 Å². The fraction of sp³-hybridized carbons (Fsp3) is 0.600. The molecule has 0 bridgehead atoms. The Morgan fingerprint density at radius 1 is 1.26 bits per heavy atom. The lowest BCUT2D eigenvalue weighted by atomic mass is 10.1. The summed E-state index contributed by atoms with van der Waals surface area (Å²) in [6.45, 7) is 5.88. The fourth-order valence-corrected chi connectivity index (χ4v) is 5.02. The Labute approximate surface area is 200 Å². The van der Waals surface area contributed by atoms with E-state index in [-0.39, 0.29) is 18.2 Å². The third-order valence-electron chi connectivity index (χ3n) is 6.67. The third kappa shape index (κ3) is 5.47. The molecule has 0 radical (unpaired) electrons. The second kappa shape index (κ2) is 11.6. The zero-order valence-electron chi connectivity index (χ0n) is 20.2. The van der Waals surface area contributed by atoms with Gasteiger partial charge in [0.2, 0.25) is 0 Å². The normalized spacial score (nSPS) is 15.4. The zero-order chi connectivity index (χ0) is 23.9. The van der Waals surface area contributed by atoms with Gasteiger partial charge in [-0.3, -0.25) is 9.69 Å². The summed E-state index contributed by atoms with van der Waals surface area (Å²) < 4.78 is 7.66. The molecular formula is C25H36N6O3. The summed E-state index contributed by atoms with van der Waals surface area (Å²) >= 11 is 0. The first-order chi connectivity index (χ1) is 16.6. The Morgan fingerprint density at radius 3 is 2.82 bits per heavy atom. The van der Waals surface area contributed by atoms with Crippen LogP contribution in [0.2, 0.25) is 0 Å². The molecule has 1 aromatic carbocycles. The Kier molecular flexibility index (Phi) is 8.29. The van der Waals surface area contributed by atoms with Crippen molar-refractivity contribution in [3.8, 4) is 5.75 Å². The Balaban J connectivity index is 1.68. The van der Waals surface area contributed by atoms with Gasteiger partial charge in [-0.1, -0.05) is 26.2 Å². The van der Waals surface area contributed by atoms with Crippen LogP contribution >= 0.6 is 0 Å². The van der Waals surface area contributed by atoms with E-state index in [0.29, 0.717) is 37.7 Å². The Hall–Kier alpha value is -2.78. The maximum absolute atomic E-state index is 13.0. The molecule has 3 aromatic rings. The second-order valence-corrected chi connectivity index (χ2v) is 9.08. The summed E-state index contributed by atoms with van der Waals surface area (Å²) in [6, 6.07) is 7.97. The number of H-pyrrole nitrogens is 1. The topological polar surface area (TPSA) is 109 Å². The van der Waals surface area contributed by atoms with E-state index < -0.39 is 0 Å². The van der Waals surface area contributed by atoms with E-state index >= 15 is 0 Å². The van der Waals surface area contributed by atoms with E-state index in [0.717, 1.165) is 48.2 Å². The summed E-state index contributed by atoms with van der Waals surface area (Å²) in [7, 11) is 0. The molecule has 2 heterocycles. The molecule has 1 atom stereocenters. The predicted molar refractivity (Wildman–Crippen MR) is 131 cm³/mol. The average molecular weight is 469 g/mol. The van der Waals surface area contributed by atoms with E-state index in [2.05, 4.69) is 32.3 Å². The Morgan fingerprint density at radius 2 is 2.09 bits per heavy atom. The minimum Gasteiger partial charge on any atom is -0.494 e. The highest BCUT2D eigenvalue weighted by molar-refractivity contribution is 5.80. The van der Waals surface area contributed by atoms with Crippen LogP contribution in [0.1, 0.15) is 82.3 Å². The number of aromatic nitrogens is 5. The monoisotopic (exact) mass is 468 g/mol. The van der Waals surface area contributed by atoms with E-state index in [1.807, 2.05) is 35.9 Å². The molecule has 4 rings (SSSR count). The van der Waals surface area contributed by atoms with Crippen molar-refractivity contribution in [1.82, 2.24) is 30.1 Å². The molecule has 1 fully saturated rings. The molecule has 1 aliphatic carbocycles. The molecule has 184 valence electrons. The van der Waals surface area contributed by atoms with Crippen LogP contribution in [-0.2, 0) is 6.54 Å². The number of hydrogen-bond donors (Lipinski definition) is 2.